The highest BCUT2D eigenvalue weighted by molar-refractivity contribution is 6.29. The summed E-state index contributed by atoms with van der Waals surface area (Å²) < 4.78 is 13.0. The van der Waals surface area contributed by atoms with Gasteiger partial charge in [-0.3, -0.25) is 9.78 Å². The van der Waals surface area contributed by atoms with E-state index in [0.29, 0.717) is 16.3 Å². The second-order valence-corrected chi connectivity index (χ2v) is 4.24. The van der Waals surface area contributed by atoms with E-state index < -0.39 is 12.7 Å². The molecular weight excluding hydrogens is 269 g/mol. The van der Waals surface area contributed by atoms with E-state index in [0.717, 1.165) is 4.90 Å². The molecule has 98 valence electrons. The number of rotatable bonds is 4. The van der Waals surface area contributed by atoms with Gasteiger partial charge >= 0.3 is 0 Å². The minimum absolute atomic E-state index is 0.133. The van der Waals surface area contributed by atoms with Crippen LogP contribution in [0.25, 0.3) is 0 Å². The van der Waals surface area contributed by atoms with Crippen molar-refractivity contribution in [2.75, 3.05) is 6.80 Å². The molecule has 0 fully saturated rings. The summed E-state index contributed by atoms with van der Waals surface area (Å²) in [4.78, 5) is 20.9. The van der Waals surface area contributed by atoms with E-state index >= 15 is 0 Å². The molecule has 0 bridgehead atoms. The molecule has 1 amide bonds. The first kappa shape index (κ1) is 13.4. The Kier molecular flexibility index (Phi) is 4.41. The summed E-state index contributed by atoms with van der Waals surface area (Å²) in [5.41, 5.74) is 1.06. The molecule has 4 nitrogen and oxygen atoms in total. The van der Waals surface area contributed by atoms with Crippen molar-refractivity contribution in [3.8, 4) is 0 Å². The zero-order chi connectivity index (χ0) is 13.7. The van der Waals surface area contributed by atoms with Gasteiger partial charge in [-0.05, 0) is 23.8 Å². The number of alkyl halides is 1. The maximum Gasteiger partial charge on any atom is 0.257 e. The van der Waals surface area contributed by atoms with Crippen molar-refractivity contribution in [1.82, 2.24) is 14.9 Å². The van der Waals surface area contributed by atoms with Gasteiger partial charge in [0, 0.05) is 18.6 Å². The lowest BCUT2D eigenvalue weighted by Gasteiger charge is -2.18. The van der Waals surface area contributed by atoms with Gasteiger partial charge in [0.2, 0.25) is 0 Å². The average Bonchev–Trinajstić information content (AvgIpc) is 2.47. The van der Waals surface area contributed by atoms with Crippen LogP contribution in [0, 0.1) is 0 Å². The molecule has 0 saturated heterocycles. The van der Waals surface area contributed by atoms with Gasteiger partial charge in [0.1, 0.15) is 5.15 Å². The number of carbonyl (C=O) groups is 1. The zero-order valence-corrected chi connectivity index (χ0v) is 10.7. The van der Waals surface area contributed by atoms with Crippen LogP contribution in [0.15, 0.2) is 42.9 Å². The fourth-order valence-electron chi connectivity index (χ4n) is 1.56. The van der Waals surface area contributed by atoms with Gasteiger partial charge in [-0.1, -0.05) is 17.7 Å². The number of hydrogen-bond acceptors (Lipinski definition) is 3. The summed E-state index contributed by atoms with van der Waals surface area (Å²) >= 11 is 5.67. The van der Waals surface area contributed by atoms with Crippen LogP contribution >= 0.6 is 11.6 Å². The predicted octanol–water partition coefficient (Wildman–Crippen LogP) is 2.70. The summed E-state index contributed by atoms with van der Waals surface area (Å²) in [6.45, 7) is -0.745. The van der Waals surface area contributed by atoms with Crippen LogP contribution in [-0.4, -0.2) is 27.6 Å². The van der Waals surface area contributed by atoms with Crippen molar-refractivity contribution >= 4 is 17.5 Å². The van der Waals surface area contributed by atoms with E-state index in [1.807, 2.05) is 0 Å². The van der Waals surface area contributed by atoms with Crippen LogP contribution in [0.3, 0.4) is 0 Å². The first-order chi connectivity index (χ1) is 9.20. The molecule has 6 heteroatoms. The maximum atomic E-state index is 13.0. The molecule has 0 saturated carbocycles. The van der Waals surface area contributed by atoms with E-state index in [-0.39, 0.29) is 6.54 Å². The lowest BCUT2D eigenvalue weighted by atomic mass is 10.2. The van der Waals surface area contributed by atoms with Crippen LogP contribution in [0.2, 0.25) is 5.15 Å². The van der Waals surface area contributed by atoms with Crippen LogP contribution in [0.1, 0.15) is 15.9 Å². The Bertz CT molecular complexity index is 548. The maximum absolute atomic E-state index is 13.0. The van der Waals surface area contributed by atoms with E-state index in [9.17, 15) is 9.18 Å². The zero-order valence-electron chi connectivity index (χ0n) is 9.96. The first-order valence-corrected chi connectivity index (χ1v) is 5.94. The van der Waals surface area contributed by atoms with E-state index in [1.165, 1.54) is 12.4 Å². The molecule has 2 aromatic heterocycles. The predicted molar refractivity (Wildman–Crippen MR) is 69.3 cm³/mol. The highest BCUT2D eigenvalue weighted by Gasteiger charge is 2.16. The van der Waals surface area contributed by atoms with Crippen LogP contribution in [0.4, 0.5) is 4.39 Å². The van der Waals surface area contributed by atoms with Crippen molar-refractivity contribution < 1.29 is 9.18 Å². The molecule has 0 unspecified atom stereocenters. The molecule has 0 aromatic carbocycles. The molecule has 0 atom stereocenters. The molecule has 0 aliphatic rings. The fourth-order valence-corrected chi connectivity index (χ4v) is 1.67. The fraction of sp³-hybridized carbons (Fsp3) is 0.154. The third kappa shape index (κ3) is 3.48. The summed E-state index contributed by atoms with van der Waals surface area (Å²) in [5.74, 6) is -0.412. The average molecular weight is 280 g/mol. The largest absolute Gasteiger partial charge is 0.306 e. The molecule has 0 aliphatic heterocycles. The monoisotopic (exact) mass is 279 g/mol. The Morgan fingerprint density at radius 2 is 2.16 bits per heavy atom. The Morgan fingerprint density at radius 1 is 1.32 bits per heavy atom. The topological polar surface area (TPSA) is 46.1 Å². The van der Waals surface area contributed by atoms with Crippen molar-refractivity contribution in [3.05, 3.63) is 59.1 Å². The van der Waals surface area contributed by atoms with E-state index in [2.05, 4.69) is 9.97 Å². The molecule has 2 heterocycles. The molecule has 0 N–H and O–H groups in total. The Morgan fingerprint density at radius 3 is 2.74 bits per heavy atom. The first-order valence-electron chi connectivity index (χ1n) is 5.56. The molecule has 19 heavy (non-hydrogen) atoms. The highest BCUT2D eigenvalue weighted by atomic mass is 35.5. The highest BCUT2D eigenvalue weighted by Crippen LogP contribution is 2.11. The van der Waals surface area contributed by atoms with Crippen LogP contribution in [0.5, 0.6) is 0 Å². The lowest BCUT2D eigenvalue weighted by Crippen LogP contribution is -2.29. The number of hydrogen-bond donors (Lipinski definition) is 0. The number of amides is 1. The molecular formula is C13H11ClFN3O. The number of nitrogens with zero attached hydrogens (tertiary/aromatic N) is 3. The van der Waals surface area contributed by atoms with Gasteiger partial charge < -0.3 is 4.90 Å². The summed E-state index contributed by atoms with van der Waals surface area (Å²) in [6.07, 6.45) is 4.48. The smallest absolute Gasteiger partial charge is 0.257 e. The Labute approximate surface area is 114 Å². The SMILES string of the molecule is O=C(c1cccnc1)N(CF)Cc1ccc(Cl)nc1. The van der Waals surface area contributed by atoms with Crippen molar-refractivity contribution in [1.29, 1.82) is 0 Å². The summed E-state index contributed by atoms with van der Waals surface area (Å²) in [7, 11) is 0. The third-order valence-electron chi connectivity index (χ3n) is 2.50. The number of aromatic nitrogens is 2. The number of halogens is 2. The van der Waals surface area contributed by atoms with Crippen molar-refractivity contribution in [3.63, 3.8) is 0 Å². The van der Waals surface area contributed by atoms with Gasteiger partial charge in [-0.2, -0.15) is 0 Å². The van der Waals surface area contributed by atoms with Gasteiger partial charge in [-0.25, -0.2) is 9.37 Å². The number of pyridine rings is 2. The van der Waals surface area contributed by atoms with Crippen LogP contribution < -0.4 is 0 Å². The molecule has 2 rings (SSSR count). The standard InChI is InChI=1S/C13H11ClFN3O/c14-12-4-3-10(6-17-12)8-18(9-15)13(19)11-2-1-5-16-7-11/h1-7H,8-9H2. The molecule has 0 aliphatic carbocycles. The van der Waals surface area contributed by atoms with E-state index in [4.69, 9.17) is 11.6 Å². The number of carbonyl (C=O) groups excluding carboxylic acids is 1. The summed E-state index contributed by atoms with van der Waals surface area (Å²) in [6, 6.07) is 6.53. The second-order valence-electron chi connectivity index (χ2n) is 3.85. The quantitative estimate of drug-likeness (QED) is 0.638. The second kappa shape index (κ2) is 6.24. The third-order valence-corrected chi connectivity index (χ3v) is 2.73. The molecule has 2 aromatic rings. The summed E-state index contributed by atoms with van der Waals surface area (Å²) in [5, 5.41) is 0.356. The molecule has 0 radical (unpaired) electrons. The Balaban J connectivity index is 2.12. The van der Waals surface area contributed by atoms with Gasteiger partial charge in [0.25, 0.3) is 5.91 Å². The normalized spacial score (nSPS) is 10.2. The van der Waals surface area contributed by atoms with Gasteiger partial charge in [0.05, 0.1) is 12.1 Å². The Hall–Kier alpha value is -2.01. The molecule has 0 spiro atoms. The van der Waals surface area contributed by atoms with Gasteiger partial charge in [0.15, 0.2) is 6.80 Å². The van der Waals surface area contributed by atoms with Gasteiger partial charge in [-0.15, -0.1) is 0 Å². The lowest BCUT2D eigenvalue weighted by molar-refractivity contribution is 0.0663. The minimum Gasteiger partial charge on any atom is -0.306 e. The van der Waals surface area contributed by atoms with Crippen LogP contribution in [-0.2, 0) is 6.54 Å². The van der Waals surface area contributed by atoms with Crippen molar-refractivity contribution in [2.24, 2.45) is 0 Å². The van der Waals surface area contributed by atoms with E-state index in [1.54, 1.807) is 30.5 Å². The van der Waals surface area contributed by atoms with Crippen molar-refractivity contribution in [2.45, 2.75) is 6.54 Å². The minimum atomic E-state index is -0.879.